The molecule has 4 rings (SSSR count). The van der Waals surface area contributed by atoms with E-state index in [0.29, 0.717) is 36.5 Å². The fourth-order valence-corrected chi connectivity index (χ4v) is 3.99. The van der Waals surface area contributed by atoms with Crippen LogP contribution in [0.5, 0.6) is 5.75 Å². The third-order valence-corrected chi connectivity index (χ3v) is 5.42. The van der Waals surface area contributed by atoms with E-state index in [0.717, 1.165) is 22.4 Å². The summed E-state index contributed by atoms with van der Waals surface area (Å²) in [5.74, 6) is 0.597. The lowest BCUT2D eigenvalue weighted by atomic mass is 9.88. The first kappa shape index (κ1) is 19.2. The topological polar surface area (TPSA) is 85.6 Å². The Kier molecular flexibility index (Phi) is 4.87. The predicted molar refractivity (Wildman–Crippen MR) is 109 cm³/mol. The minimum Gasteiger partial charge on any atom is -0.483 e. The van der Waals surface area contributed by atoms with Crippen LogP contribution in [0.15, 0.2) is 48.0 Å². The molecular formula is C23H23N3O3. The highest BCUT2D eigenvalue weighted by Gasteiger charge is 2.40. The highest BCUT2D eigenvalue weighted by molar-refractivity contribution is 6.04. The molecule has 0 aliphatic carbocycles. The number of ether oxygens (including phenoxy) is 1. The van der Waals surface area contributed by atoms with Crippen LogP contribution in [0, 0.1) is 11.3 Å². The molecule has 0 saturated heterocycles. The van der Waals surface area contributed by atoms with Crippen LogP contribution in [-0.2, 0) is 6.54 Å². The first-order chi connectivity index (χ1) is 14.0. The van der Waals surface area contributed by atoms with Gasteiger partial charge in [0.05, 0.1) is 30.5 Å². The van der Waals surface area contributed by atoms with Gasteiger partial charge in [0.1, 0.15) is 11.4 Å². The van der Waals surface area contributed by atoms with Gasteiger partial charge >= 0.3 is 0 Å². The van der Waals surface area contributed by atoms with Crippen LogP contribution in [0.4, 0.5) is 0 Å². The molecular weight excluding hydrogens is 366 g/mol. The van der Waals surface area contributed by atoms with E-state index in [1.165, 1.54) is 0 Å². The van der Waals surface area contributed by atoms with E-state index in [2.05, 4.69) is 11.4 Å². The fraction of sp³-hybridized carbons (Fsp3) is 0.304. The van der Waals surface area contributed by atoms with Gasteiger partial charge < -0.3 is 20.1 Å². The van der Waals surface area contributed by atoms with Gasteiger partial charge in [-0.2, -0.15) is 5.26 Å². The average molecular weight is 389 g/mol. The lowest BCUT2D eigenvalue weighted by Gasteiger charge is -2.39. The summed E-state index contributed by atoms with van der Waals surface area (Å²) in [7, 11) is 0. The van der Waals surface area contributed by atoms with Crippen LogP contribution < -0.4 is 10.1 Å². The Morgan fingerprint density at radius 2 is 2.03 bits per heavy atom. The smallest absolute Gasteiger partial charge is 0.258 e. The molecule has 0 spiro atoms. The molecule has 2 N–H and O–H groups in total. The maximum Gasteiger partial charge on any atom is 0.258 e. The van der Waals surface area contributed by atoms with Crippen LogP contribution in [-0.4, -0.2) is 41.2 Å². The van der Waals surface area contributed by atoms with Crippen molar-refractivity contribution in [3.8, 4) is 11.8 Å². The number of amides is 1. The van der Waals surface area contributed by atoms with Gasteiger partial charge in [0, 0.05) is 29.8 Å². The van der Waals surface area contributed by atoms with Gasteiger partial charge in [-0.05, 0) is 43.7 Å². The largest absolute Gasteiger partial charge is 0.483 e. The predicted octanol–water partition coefficient (Wildman–Crippen LogP) is 2.68. The van der Waals surface area contributed by atoms with E-state index in [1.807, 2.05) is 38.1 Å². The highest BCUT2D eigenvalue weighted by atomic mass is 16.5. The van der Waals surface area contributed by atoms with E-state index in [-0.39, 0.29) is 12.5 Å². The molecule has 2 aromatic rings. The highest BCUT2D eigenvalue weighted by Crippen LogP contribution is 2.44. The number of aliphatic hydroxyl groups excluding tert-OH is 1. The van der Waals surface area contributed by atoms with E-state index >= 15 is 0 Å². The number of carbonyl (C=O) groups excluding carboxylic acids is 1. The molecule has 0 atom stereocenters. The SMILES string of the molecule is CC1(C)Oc2ccc(C#N)cc2C(N2Cc3ccccc3C2=O)=C1CNCCO. The second kappa shape index (κ2) is 7.36. The second-order valence-electron chi connectivity index (χ2n) is 7.71. The summed E-state index contributed by atoms with van der Waals surface area (Å²) in [4.78, 5) is 15.1. The van der Waals surface area contributed by atoms with Crippen molar-refractivity contribution >= 4 is 11.6 Å². The molecule has 0 bridgehead atoms. The molecule has 0 fully saturated rings. The first-order valence-electron chi connectivity index (χ1n) is 9.65. The van der Waals surface area contributed by atoms with Crippen molar-refractivity contribution in [3.63, 3.8) is 0 Å². The number of fused-ring (bicyclic) bond motifs is 2. The molecule has 2 aromatic carbocycles. The number of nitriles is 1. The fourth-order valence-electron chi connectivity index (χ4n) is 3.99. The van der Waals surface area contributed by atoms with Gasteiger partial charge in [-0.25, -0.2) is 0 Å². The summed E-state index contributed by atoms with van der Waals surface area (Å²) in [6.45, 7) is 5.33. The van der Waals surface area contributed by atoms with Crippen molar-refractivity contribution in [3.05, 3.63) is 70.3 Å². The minimum absolute atomic E-state index is 0.0210. The number of rotatable bonds is 5. The number of aliphatic hydroxyl groups is 1. The summed E-state index contributed by atoms with van der Waals surface area (Å²) in [6, 6.07) is 15.1. The number of nitrogens with one attached hydrogen (secondary N) is 1. The Morgan fingerprint density at radius 3 is 2.76 bits per heavy atom. The Balaban J connectivity index is 1.89. The van der Waals surface area contributed by atoms with Crippen LogP contribution in [0.3, 0.4) is 0 Å². The summed E-state index contributed by atoms with van der Waals surface area (Å²) >= 11 is 0. The summed E-state index contributed by atoms with van der Waals surface area (Å²) in [5.41, 5.74) is 3.96. The van der Waals surface area contributed by atoms with Crippen LogP contribution in [0.2, 0.25) is 0 Å². The quantitative estimate of drug-likeness (QED) is 0.768. The number of carbonyl (C=O) groups is 1. The number of hydrogen-bond donors (Lipinski definition) is 2. The van der Waals surface area contributed by atoms with E-state index < -0.39 is 5.60 Å². The number of nitrogens with zero attached hydrogens (tertiary/aromatic N) is 2. The van der Waals surface area contributed by atoms with Crippen LogP contribution in [0.1, 0.15) is 40.9 Å². The van der Waals surface area contributed by atoms with Gasteiger partial charge in [-0.1, -0.05) is 18.2 Å². The molecule has 1 amide bonds. The Labute approximate surface area is 170 Å². The molecule has 2 aliphatic heterocycles. The molecule has 6 heteroatoms. The minimum atomic E-state index is -0.659. The number of hydrogen-bond acceptors (Lipinski definition) is 5. The van der Waals surface area contributed by atoms with Gasteiger partial charge in [-0.15, -0.1) is 0 Å². The normalized spacial score (nSPS) is 16.9. The van der Waals surface area contributed by atoms with Gasteiger partial charge in [0.15, 0.2) is 0 Å². The molecule has 0 unspecified atom stereocenters. The Morgan fingerprint density at radius 1 is 1.24 bits per heavy atom. The third-order valence-electron chi connectivity index (χ3n) is 5.42. The Bertz CT molecular complexity index is 1050. The van der Waals surface area contributed by atoms with E-state index in [4.69, 9.17) is 4.74 Å². The van der Waals surface area contributed by atoms with Crippen molar-refractivity contribution in [2.75, 3.05) is 19.7 Å². The van der Waals surface area contributed by atoms with E-state index in [9.17, 15) is 15.2 Å². The molecule has 2 aliphatic rings. The molecule has 0 radical (unpaired) electrons. The molecule has 0 saturated carbocycles. The van der Waals surface area contributed by atoms with Crippen molar-refractivity contribution in [1.82, 2.24) is 10.2 Å². The third kappa shape index (κ3) is 3.29. The van der Waals surface area contributed by atoms with Crippen molar-refractivity contribution in [2.45, 2.75) is 26.0 Å². The summed E-state index contributed by atoms with van der Waals surface area (Å²) in [6.07, 6.45) is 0. The Hall–Kier alpha value is -3.14. The maximum atomic E-state index is 13.3. The monoisotopic (exact) mass is 389 g/mol. The van der Waals surface area contributed by atoms with Crippen LogP contribution >= 0.6 is 0 Å². The second-order valence-corrected chi connectivity index (χ2v) is 7.71. The standard InChI is InChI=1S/C23H23N3O3/c1-23(2)19(13-25-9-10-27)21(18-11-15(12-24)7-8-20(18)29-23)26-14-16-5-3-4-6-17(16)22(26)28/h3-8,11,25,27H,9-10,13-14H2,1-2H3. The lowest BCUT2D eigenvalue weighted by Crippen LogP contribution is -2.42. The molecule has 0 aromatic heterocycles. The van der Waals surface area contributed by atoms with Crippen molar-refractivity contribution in [1.29, 1.82) is 5.26 Å². The van der Waals surface area contributed by atoms with Gasteiger partial charge in [0.25, 0.3) is 5.91 Å². The lowest BCUT2D eigenvalue weighted by molar-refractivity contribution is 0.0842. The summed E-state index contributed by atoms with van der Waals surface area (Å²) in [5, 5.41) is 21.8. The van der Waals surface area contributed by atoms with Crippen molar-refractivity contribution < 1.29 is 14.6 Å². The van der Waals surface area contributed by atoms with Gasteiger partial charge in [0.2, 0.25) is 0 Å². The number of benzene rings is 2. The average Bonchev–Trinajstić information content (AvgIpc) is 3.04. The van der Waals surface area contributed by atoms with E-state index in [1.54, 1.807) is 23.1 Å². The van der Waals surface area contributed by atoms with Crippen LogP contribution in [0.25, 0.3) is 5.70 Å². The molecule has 29 heavy (non-hydrogen) atoms. The van der Waals surface area contributed by atoms with Crippen molar-refractivity contribution in [2.24, 2.45) is 0 Å². The molecule has 148 valence electrons. The zero-order chi connectivity index (χ0) is 20.6. The zero-order valence-corrected chi connectivity index (χ0v) is 16.5. The molecule has 2 heterocycles. The van der Waals surface area contributed by atoms with Gasteiger partial charge in [-0.3, -0.25) is 4.79 Å². The zero-order valence-electron chi connectivity index (χ0n) is 16.5. The maximum absolute atomic E-state index is 13.3. The molecule has 6 nitrogen and oxygen atoms in total. The first-order valence-corrected chi connectivity index (χ1v) is 9.65. The summed E-state index contributed by atoms with van der Waals surface area (Å²) < 4.78 is 6.26.